The smallest absolute Gasteiger partial charge is 0.277 e. The van der Waals surface area contributed by atoms with Gasteiger partial charge in [0.25, 0.3) is 5.22 Å². The molecule has 1 amide bonds. The molecule has 29 heavy (non-hydrogen) atoms. The SMILES string of the molecule is COc1cc(-c2nnc(SCC(=O)Nc3sccc3C#N)o2)cc(OC)c1OC. The molecule has 0 aliphatic heterocycles. The number of amides is 1. The molecule has 0 saturated carbocycles. The molecule has 0 aliphatic rings. The molecule has 0 fully saturated rings. The zero-order chi connectivity index (χ0) is 20.8. The topological polar surface area (TPSA) is 120 Å². The Morgan fingerprint density at radius 1 is 1.24 bits per heavy atom. The van der Waals surface area contributed by atoms with Gasteiger partial charge in [0.1, 0.15) is 11.1 Å². The Morgan fingerprint density at radius 3 is 2.59 bits per heavy atom. The lowest BCUT2D eigenvalue weighted by Gasteiger charge is -2.12. The zero-order valence-electron chi connectivity index (χ0n) is 15.7. The number of anilines is 1. The molecule has 9 nitrogen and oxygen atoms in total. The maximum Gasteiger partial charge on any atom is 0.277 e. The molecule has 0 atom stereocenters. The fourth-order valence-electron chi connectivity index (χ4n) is 2.37. The Morgan fingerprint density at radius 2 is 1.97 bits per heavy atom. The summed E-state index contributed by atoms with van der Waals surface area (Å²) in [5.41, 5.74) is 1.01. The second-order valence-corrected chi connectivity index (χ2v) is 7.24. The zero-order valence-corrected chi connectivity index (χ0v) is 17.3. The van der Waals surface area contributed by atoms with Crippen molar-refractivity contribution in [3.63, 3.8) is 0 Å². The first-order valence-electron chi connectivity index (χ1n) is 8.13. The van der Waals surface area contributed by atoms with Gasteiger partial charge in [0, 0.05) is 5.56 Å². The maximum atomic E-state index is 12.1. The van der Waals surface area contributed by atoms with Gasteiger partial charge in [0.2, 0.25) is 17.5 Å². The predicted molar refractivity (Wildman–Crippen MR) is 108 cm³/mol. The number of rotatable bonds is 8. The summed E-state index contributed by atoms with van der Waals surface area (Å²) in [7, 11) is 4.54. The highest BCUT2D eigenvalue weighted by Gasteiger charge is 2.18. The molecular formula is C18H16N4O5S2. The molecule has 0 spiro atoms. The van der Waals surface area contributed by atoms with E-state index < -0.39 is 0 Å². The fourth-order valence-corrected chi connectivity index (χ4v) is 3.69. The number of nitriles is 1. The van der Waals surface area contributed by atoms with Crippen molar-refractivity contribution in [2.45, 2.75) is 5.22 Å². The second kappa shape index (κ2) is 9.31. The van der Waals surface area contributed by atoms with Crippen molar-refractivity contribution in [2.24, 2.45) is 0 Å². The van der Waals surface area contributed by atoms with Crippen LogP contribution < -0.4 is 19.5 Å². The Balaban J connectivity index is 1.69. The normalized spacial score (nSPS) is 10.3. The minimum Gasteiger partial charge on any atom is -0.493 e. The fraction of sp³-hybridized carbons (Fsp3) is 0.222. The maximum absolute atomic E-state index is 12.1. The van der Waals surface area contributed by atoms with E-state index in [1.54, 1.807) is 23.6 Å². The summed E-state index contributed by atoms with van der Waals surface area (Å²) in [6, 6.07) is 7.05. The van der Waals surface area contributed by atoms with Crippen molar-refractivity contribution in [1.29, 1.82) is 5.26 Å². The molecule has 0 radical (unpaired) electrons. The van der Waals surface area contributed by atoms with Gasteiger partial charge in [-0.05, 0) is 23.6 Å². The number of carbonyl (C=O) groups excluding carboxylic acids is 1. The molecule has 2 aromatic heterocycles. The Kier molecular flexibility index (Phi) is 6.58. The lowest BCUT2D eigenvalue weighted by atomic mass is 10.2. The van der Waals surface area contributed by atoms with E-state index in [2.05, 4.69) is 15.5 Å². The number of benzene rings is 1. The van der Waals surface area contributed by atoms with Gasteiger partial charge in [-0.15, -0.1) is 21.5 Å². The highest BCUT2D eigenvalue weighted by Crippen LogP contribution is 2.41. The second-order valence-electron chi connectivity index (χ2n) is 5.40. The number of ether oxygens (including phenoxy) is 3. The molecular weight excluding hydrogens is 416 g/mol. The molecule has 11 heteroatoms. The summed E-state index contributed by atoms with van der Waals surface area (Å²) in [5, 5.41) is 22.1. The Labute approximate surface area is 174 Å². The first kappa shape index (κ1) is 20.5. The Hall–Kier alpha value is -3.23. The minimum absolute atomic E-state index is 0.0552. The van der Waals surface area contributed by atoms with E-state index in [0.717, 1.165) is 11.8 Å². The van der Waals surface area contributed by atoms with Gasteiger partial charge >= 0.3 is 0 Å². The number of nitrogens with zero attached hydrogens (tertiary/aromatic N) is 3. The average molecular weight is 432 g/mol. The first-order chi connectivity index (χ1) is 14.1. The van der Waals surface area contributed by atoms with Crippen LogP contribution in [-0.4, -0.2) is 43.2 Å². The van der Waals surface area contributed by atoms with E-state index in [4.69, 9.17) is 23.9 Å². The molecule has 0 saturated heterocycles. The molecule has 2 heterocycles. The van der Waals surface area contributed by atoms with E-state index in [1.807, 2.05) is 6.07 Å². The summed E-state index contributed by atoms with van der Waals surface area (Å²) in [6.45, 7) is 0. The number of hydrogen-bond donors (Lipinski definition) is 1. The summed E-state index contributed by atoms with van der Waals surface area (Å²) in [5.74, 6) is 1.39. The monoisotopic (exact) mass is 432 g/mol. The number of methoxy groups -OCH3 is 3. The lowest BCUT2D eigenvalue weighted by molar-refractivity contribution is -0.113. The van der Waals surface area contributed by atoms with Crippen LogP contribution in [0.1, 0.15) is 5.56 Å². The van der Waals surface area contributed by atoms with Crippen LogP contribution in [0, 0.1) is 11.3 Å². The van der Waals surface area contributed by atoms with Crippen LogP contribution in [0.25, 0.3) is 11.5 Å². The van der Waals surface area contributed by atoms with Crippen LogP contribution in [0.4, 0.5) is 5.00 Å². The van der Waals surface area contributed by atoms with Gasteiger partial charge in [-0.3, -0.25) is 4.79 Å². The third-order valence-electron chi connectivity index (χ3n) is 3.68. The van der Waals surface area contributed by atoms with E-state index in [9.17, 15) is 4.79 Å². The van der Waals surface area contributed by atoms with Gasteiger partial charge < -0.3 is 23.9 Å². The number of thiophene rings is 1. The van der Waals surface area contributed by atoms with Gasteiger partial charge in [-0.25, -0.2) is 0 Å². The van der Waals surface area contributed by atoms with Crippen LogP contribution >= 0.6 is 23.1 Å². The molecule has 1 aromatic carbocycles. The van der Waals surface area contributed by atoms with Crippen LogP contribution in [-0.2, 0) is 4.79 Å². The van der Waals surface area contributed by atoms with Gasteiger partial charge in [-0.2, -0.15) is 5.26 Å². The highest BCUT2D eigenvalue weighted by atomic mass is 32.2. The van der Waals surface area contributed by atoms with Crippen molar-refractivity contribution in [3.05, 3.63) is 29.1 Å². The van der Waals surface area contributed by atoms with Crippen molar-refractivity contribution in [1.82, 2.24) is 10.2 Å². The van der Waals surface area contributed by atoms with Crippen LogP contribution in [0.2, 0.25) is 0 Å². The van der Waals surface area contributed by atoms with Crippen molar-refractivity contribution < 1.29 is 23.4 Å². The van der Waals surface area contributed by atoms with E-state index in [-0.39, 0.29) is 22.8 Å². The summed E-state index contributed by atoms with van der Waals surface area (Å²) in [4.78, 5) is 12.1. The summed E-state index contributed by atoms with van der Waals surface area (Å²) < 4.78 is 21.6. The predicted octanol–water partition coefficient (Wildman–Crippen LogP) is 3.43. The molecule has 1 N–H and O–H groups in total. The molecule has 0 unspecified atom stereocenters. The first-order valence-corrected chi connectivity index (χ1v) is 10.00. The van der Waals surface area contributed by atoms with Crippen LogP contribution in [0.5, 0.6) is 17.2 Å². The van der Waals surface area contributed by atoms with Gasteiger partial charge in [0.15, 0.2) is 11.5 Å². The van der Waals surface area contributed by atoms with Crippen molar-refractivity contribution >= 4 is 34.0 Å². The molecule has 0 aliphatic carbocycles. The standard InChI is InChI=1S/C18H16N4O5S2/c1-24-12-6-11(7-13(25-2)15(12)26-3)16-21-22-18(27-16)29-9-14(23)20-17-10(8-19)4-5-28-17/h4-7H,9H2,1-3H3,(H,20,23). The van der Waals surface area contributed by atoms with Crippen molar-refractivity contribution in [2.75, 3.05) is 32.4 Å². The van der Waals surface area contributed by atoms with Crippen molar-refractivity contribution in [3.8, 4) is 34.8 Å². The van der Waals surface area contributed by atoms with Crippen LogP contribution in [0.15, 0.2) is 33.2 Å². The third kappa shape index (κ3) is 4.61. The number of nitrogens with one attached hydrogen (secondary N) is 1. The van der Waals surface area contributed by atoms with E-state index >= 15 is 0 Å². The quantitative estimate of drug-likeness (QED) is 0.534. The highest BCUT2D eigenvalue weighted by molar-refractivity contribution is 7.99. The third-order valence-corrected chi connectivity index (χ3v) is 5.33. The molecule has 0 bridgehead atoms. The molecule has 150 valence electrons. The van der Waals surface area contributed by atoms with Gasteiger partial charge in [-0.1, -0.05) is 11.8 Å². The number of carbonyl (C=O) groups is 1. The number of thioether (sulfide) groups is 1. The summed E-state index contributed by atoms with van der Waals surface area (Å²) >= 11 is 2.38. The number of hydrogen-bond acceptors (Lipinski definition) is 10. The minimum atomic E-state index is -0.276. The Bertz CT molecular complexity index is 1030. The van der Waals surface area contributed by atoms with Crippen LogP contribution in [0.3, 0.4) is 0 Å². The number of aromatic nitrogens is 2. The van der Waals surface area contributed by atoms with E-state index in [0.29, 0.717) is 33.4 Å². The van der Waals surface area contributed by atoms with Gasteiger partial charge in [0.05, 0.1) is 32.6 Å². The average Bonchev–Trinajstić information content (AvgIpc) is 3.40. The summed E-state index contributed by atoms with van der Waals surface area (Å²) in [6.07, 6.45) is 0. The molecule has 3 rings (SSSR count). The largest absolute Gasteiger partial charge is 0.493 e. The molecule has 3 aromatic rings. The van der Waals surface area contributed by atoms with E-state index in [1.165, 1.54) is 32.7 Å². The lowest BCUT2D eigenvalue weighted by Crippen LogP contribution is -2.13.